The minimum absolute atomic E-state index is 0.0692. The van der Waals surface area contributed by atoms with Gasteiger partial charge in [-0.25, -0.2) is 0 Å². The zero-order chi connectivity index (χ0) is 48.2. The molecular weight excluding hydrogens is 891 g/mol. The van der Waals surface area contributed by atoms with Gasteiger partial charge in [0.15, 0.2) is 0 Å². The number of para-hydroxylation sites is 1. The van der Waals surface area contributed by atoms with Gasteiger partial charge in [-0.1, -0.05) is 60.2 Å². The number of alkyl halides is 6. The van der Waals surface area contributed by atoms with Crippen molar-refractivity contribution in [3.05, 3.63) is 222 Å². The molecule has 4 nitrogen and oxygen atoms in total. The molecule has 12 aromatic rings. The van der Waals surface area contributed by atoms with Gasteiger partial charge in [0, 0.05) is 66.4 Å². The number of hydrogen-bond acceptors (Lipinski definition) is 1. The Labute approximate surface area is 397 Å². The summed E-state index contributed by atoms with van der Waals surface area (Å²) in [7, 11) is 0. The number of anilines is 3. The average Bonchev–Trinajstić information content (AvgIpc) is 3.98. The highest BCUT2D eigenvalue weighted by Gasteiger charge is 2.33. The first kappa shape index (κ1) is 42.8. The van der Waals surface area contributed by atoms with Crippen LogP contribution in [0.25, 0.3) is 88.6 Å². The first-order valence-corrected chi connectivity index (χ1v) is 22.7. The molecule has 10 heteroatoms. The number of fused-ring (bicyclic) bond motifs is 9. The predicted molar refractivity (Wildman–Crippen MR) is 274 cm³/mol. The summed E-state index contributed by atoms with van der Waals surface area (Å²) in [5.74, 6) is 0. The van der Waals surface area contributed by atoms with Crippen molar-refractivity contribution in [1.29, 1.82) is 0 Å². The van der Waals surface area contributed by atoms with Crippen molar-refractivity contribution in [3.8, 4) is 17.1 Å². The summed E-state index contributed by atoms with van der Waals surface area (Å²) in [6.07, 6.45) is -7.53. The Morgan fingerprint density at radius 1 is 0.371 bits per heavy atom. The molecule has 0 aliphatic rings. The monoisotopic (exact) mass is 930 g/mol. The number of benzene rings is 9. The van der Waals surface area contributed by atoms with E-state index < -0.39 is 23.5 Å². The zero-order valence-electron chi connectivity index (χ0n) is 37.7. The van der Waals surface area contributed by atoms with Crippen LogP contribution in [0, 0.1) is 13.8 Å². The van der Waals surface area contributed by atoms with Crippen LogP contribution in [0.3, 0.4) is 0 Å². The van der Waals surface area contributed by atoms with E-state index in [2.05, 4.69) is 150 Å². The van der Waals surface area contributed by atoms with Gasteiger partial charge in [-0.15, -0.1) is 0 Å². The summed E-state index contributed by atoms with van der Waals surface area (Å²) in [6.45, 7) is 8.19. The van der Waals surface area contributed by atoms with Gasteiger partial charge in [0.05, 0.1) is 44.2 Å². The molecule has 0 N–H and O–H groups in total. The standard InChI is InChI=1S/C60H40F6N4/c1-4-38-11-28-56-50(33-38)47-7-5-6-8-53(47)68(56)44-20-14-41(15-21-44)67(42-16-22-45(23-17-42)69-54-26-9-36(2)31-48(54)49-32-37(3)10-27-55(49)69)43-18-24-46(25-19-43)70-57-29-12-39(59(61,62)63)34-51(57)52-35-40(60(64,65)66)13-30-58(52)70/h4-35H,1H2,2-3H3. The third-order valence-corrected chi connectivity index (χ3v) is 13.5. The minimum atomic E-state index is -4.69. The molecule has 12 rings (SSSR count). The Kier molecular flexibility index (Phi) is 9.65. The van der Waals surface area contributed by atoms with Crippen molar-refractivity contribution in [1.82, 2.24) is 13.7 Å². The number of nitrogens with zero attached hydrogens (tertiary/aromatic N) is 4. The lowest BCUT2D eigenvalue weighted by Gasteiger charge is -2.26. The number of hydrogen-bond donors (Lipinski definition) is 0. The van der Waals surface area contributed by atoms with Crippen LogP contribution in [0.15, 0.2) is 195 Å². The van der Waals surface area contributed by atoms with E-state index in [4.69, 9.17) is 0 Å². The van der Waals surface area contributed by atoms with Crippen LogP contribution >= 0.6 is 0 Å². The summed E-state index contributed by atoms with van der Waals surface area (Å²) >= 11 is 0. The SMILES string of the molecule is C=Cc1ccc2c(c1)c1ccccc1n2-c1ccc(N(c2ccc(-n3c4ccc(C)cc4c4cc(C)ccc43)cc2)c2ccc(-n3c4ccc(C(F)(F)F)cc4c4cc(C(F)(F)F)ccc43)cc2)cc1. The molecule has 0 saturated carbocycles. The summed E-state index contributed by atoms with van der Waals surface area (Å²) in [5, 5.41) is 4.75. The first-order chi connectivity index (χ1) is 33.7. The minimum Gasteiger partial charge on any atom is -0.310 e. The summed E-state index contributed by atoms with van der Waals surface area (Å²) in [4.78, 5) is 2.13. The maximum Gasteiger partial charge on any atom is 0.416 e. The van der Waals surface area contributed by atoms with Crippen LogP contribution in [-0.4, -0.2) is 13.7 Å². The Morgan fingerprint density at radius 3 is 1.11 bits per heavy atom. The molecule has 342 valence electrons. The number of aryl methyl sites for hydroxylation is 2. The van der Waals surface area contributed by atoms with Gasteiger partial charge < -0.3 is 18.6 Å². The highest BCUT2D eigenvalue weighted by molar-refractivity contribution is 6.12. The molecule has 3 heterocycles. The molecule has 0 radical (unpaired) electrons. The molecule has 0 atom stereocenters. The van der Waals surface area contributed by atoms with E-state index in [1.54, 1.807) is 4.57 Å². The van der Waals surface area contributed by atoms with Gasteiger partial charge in [-0.05, 0) is 171 Å². The average molecular weight is 931 g/mol. The molecule has 0 saturated heterocycles. The van der Waals surface area contributed by atoms with Gasteiger partial charge >= 0.3 is 12.4 Å². The zero-order valence-corrected chi connectivity index (χ0v) is 37.7. The second kappa shape index (κ2) is 15.8. The van der Waals surface area contributed by atoms with Gasteiger partial charge in [-0.3, -0.25) is 0 Å². The van der Waals surface area contributed by atoms with Gasteiger partial charge in [-0.2, -0.15) is 26.3 Å². The van der Waals surface area contributed by atoms with E-state index in [1.165, 1.54) is 34.0 Å². The van der Waals surface area contributed by atoms with E-state index >= 15 is 0 Å². The molecule has 0 aliphatic heterocycles. The number of halogens is 6. The Morgan fingerprint density at radius 2 is 0.714 bits per heavy atom. The van der Waals surface area contributed by atoms with Crippen molar-refractivity contribution < 1.29 is 26.3 Å². The highest BCUT2D eigenvalue weighted by atomic mass is 19.4. The Balaban J connectivity index is 1.00. The third-order valence-electron chi connectivity index (χ3n) is 13.5. The second-order valence-electron chi connectivity index (χ2n) is 17.9. The summed E-state index contributed by atoms with van der Waals surface area (Å²) in [5.41, 5.74) is 11.6. The van der Waals surface area contributed by atoms with Crippen LogP contribution < -0.4 is 4.90 Å². The van der Waals surface area contributed by atoms with Crippen LogP contribution in [0.2, 0.25) is 0 Å². The molecule has 0 amide bonds. The number of rotatable bonds is 7. The lowest BCUT2D eigenvalue weighted by molar-refractivity contribution is -0.138. The fraction of sp³-hybridized carbons (Fsp3) is 0.0667. The van der Waals surface area contributed by atoms with Crippen molar-refractivity contribution >= 4 is 88.6 Å². The van der Waals surface area contributed by atoms with E-state index in [9.17, 15) is 26.3 Å². The van der Waals surface area contributed by atoms with Crippen LogP contribution in [0.5, 0.6) is 0 Å². The molecule has 70 heavy (non-hydrogen) atoms. The molecule has 9 aromatic carbocycles. The lowest BCUT2D eigenvalue weighted by Crippen LogP contribution is -2.10. The fourth-order valence-corrected chi connectivity index (χ4v) is 10.3. The molecule has 0 fully saturated rings. The van der Waals surface area contributed by atoms with E-state index in [1.807, 2.05) is 42.5 Å². The van der Waals surface area contributed by atoms with E-state index in [-0.39, 0.29) is 10.8 Å². The van der Waals surface area contributed by atoms with Gasteiger partial charge in [0.25, 0.3) is 0 Å². The van der Waals surface area contributed by atoms with Gasteiger partial charge in [0.1, 0.15) is 0 Å². The maximum absolute atomic E-state index is 14.0. The molecular formula is C60H40F6N4. The molecule has 3 aromatic heterocycles. The summed E-state index contributed by atoms with van der Waals surface area (Å²) in [6, 6.07) is 58.4. The van der Waals surface area contributed by atoms with Crippen molar-refractivity contribution in [2.45, 2.75) is 26.2 Å². The first-order valence-electron chi connectivity index (χ1n) is 22.7. The second-order valence-corrected chi connectivity index (χ2v) is 17.9. The van der Waals surface area contributed by atoms with Crippen molar-refractivity contribution in [3.63, 3.8) is 0 Å². The van der Waals surface area contributed by atoms with Crippen molar-refractivity contribution in [2.24, 2.45) is 0 Å². The molecule has 0 unspecified atom stereocenters. The van der Waals surface area contributed by atoms with E-state index in [0.717, 1.165) is 91.1 Å². The third kappa shape index (κ3) is 6.92. The fourth-order valence-electron chi connectivity index (χ4n) is 10.3. The molecule has 0 spiro atoms. The maximum atomic E-state index is 14.0. The molecule has 0 bridgehead atoms. The van der Waals surface area contributed by atoms with Gasteiger partial charge in [0.2, 0.25) is 0 Å². The predicted octanol–water partition coefficient (Wildman–Crippen LogP) is 17.7. The van der Waals surface area contributed by atoms with Crippen molar-refractivity contribution in [2.75, 3.05) is 4.90 Å². The van der Waals surface area contributed by atoms with Crippen LogP contribution in [0.4, 0.5) is 43.4 Å². The van der Waals surface area contributed by atoms with E-state index in [0.29, 0.717) is 16.7 Å². The topological polar surface area (TPSA) is 18.0 Å². The Hall–Kier alpha value is -8.50. The largest absolute Gasteiger partial charge is 0.416 e. The number of aromatic nitrogens is 3. The van der Waals surface area contributed by atoms with Crippen LogP contribution in [-0.2, 0) is 12.4 Å². The molecule has 0 aliphatic carbocycles. The summed E-state index contributed by atoms with van der Waals surface area (Å²) < 4.78 is 90.3. The van der Waals surface area contributed by atoms with Crippen LogP contribution in [0.1, 0.15) is 27.8 Å². The Bertz CT molecular complexity index is 3930. The normalized spacial score (nSPS) is 12.3. The highest BCUT2D eigenvalue weighted by Crippen LogP contribution is 2.43. The smallest absolute Gasteiger partial charge is 0.310 e. The quantitative estimate of drug-likeness (QED) is 0.146. The lowest BCUT2D eigenvalue weighted by atomic mass is 10.1.